The van der Waals surface area contributed by atoms with Crippen molar-refractivity contribution in [1.82, 2.24) is 0 Å². The van der Waals surface area contributed by atoms with Gasteiger partial charge in [-0.25, -0.2) is 9.59 Å². The van der Waals surface area contributed by atoms with Crippen LogP contribution in [0.4, 0.5) is 0 Å². The number of aliphatic hydroxyl groups is 2. The number of carboxylic acid groups (broad SMARTS) is 2. The first-order chi connectivity index (χ1) is 8.45. The van der Waals surface area contributed by atoms with Gasteiger partial charge in [-0.05, 0) is 12.8 Å². The van der Waals surface area contributed by atoms with Gasteiger partial charge in [0.2, 0.25) is 0 Å². The highest BCUT2D eigenvalue weighted by Crippen LogP contribution is 1.96. The first kappa shape index (κ1) is 21.6. The summed E-state index contributed by atoms with van der Waals surface area (Å²) in [5, 5.41) is 31.8. The lowest BCUT2D eigenvalue weighted by atomic mass is 10.2. The molecule has 0 aromatic carbocycles. The van der Waals surface area contributed by atoms with Crippen LogP contribution in [-0.4, -0.2) is 45.6 Å². The van der Waals surface area contributed by atoms with Crippen molar-refractivity contribution in [2.24, 2.45) is 0 Å². The third kappa shape index (κ3) is 47.4. The molecule has 0 rings (SSSR count). The van der Waals surface area contributed by atoms with Crippen LogP contribution in [0, 0.1) is 0 Å². The molecule has 0 aromatic heterocycles. The molecule has 0 bridgehead atoms. The van der Waals surface area contributed by atoms with E-state index in [-0.39, 0.29) is 13.2 Å². The lowest BCUT2D eigenvalue weighted by molar-refractivity contribution is -0.132. The smallest absolute Gasteiger partial charge is 0.327 e. The Morgan fingerprint density at radius 1 is 0.778 bits per heavy atom. The first-order valence-corrected chi connectivity index (χ1v) is 5.38. The first-order valence-electron chi connectivity index (χ1n) is 5.38. The van der Waals surface area contributed by atoms with E-state index in [4.69, 9.17) is 20.4 Å². The number of carbonyl (C=O) groups is 2. The Balaban J connectivity index is -0.000000197. The molecule has 0 fully saturated rings. The van der Waals surface area contributed by atoms with E-state index in [1.54, 1.807) is 0 Å². The second kappa shape index (κ2) is 20.7. The SMILES string of the molecule is C=CC(=O)O.C=CC(=O)O.OCCCCCCO. The molecule has 106 valence electrons. The van der Waals surface area contributed by atoms with E-state index < -0.39 is 11.9 Å². The van der Waals surface area contributed by atoms with Crippen LogP contribution in [0.25, 0.3) is 0 Å². The number of carboxylic acids is 2. The minimum Gasteiger partial charge on any atom is -0.478 e. The second-order valence-electron chi connectivity index (χ2n) is 2.95. The molecule has 0 aliphatic rings. The van der Waals surface area contributed by atoms with Gasteiger partial charge < -0.3 is 20.4 Å². The number of rotatable bonds is 7. The highest BCUT2D eigenvalue weighted by molar-refractivity contribution is 5.79. The van der Waals surface area contributed by atoms with Gasteiger partial charge in [0, 0.05) is 25.4 Å². The van der Waals surface area contributed by atoms with Gasteiger partial charge in [0.25, 0.3) is 0 Å². The Morgan fingerprint density at radius 3 is 1.11 bits per heavy atom. The Labute approximate surface area is 107 Å². The zero-order valence-corrected chi connectivity index (χ0v) is 10.4. The fraction of sp³-hybridized carbons (Fsp3) is 0.500. The van der Waals surface area contributed by atoms with Gasteiger partial charge in [0.05, 0.1) is 0 Å². The van der Waals surface area contributed by atoms with Crippen molar-refractivity contribution in [2.45, 2.75) is 25.7 Å². The maximum absolute atomic E-state index is 9.25. The number of aliphatic carboxylic acids is 2. The van der Waals surface area contributed by atoms with Crippen LogP contribution in [-0.2, 0) is 9.59 Å². The average molecular weight is 262 g/mol. The predicted molar refractivity (Wildman–Crippen MR) is 68.3 cm³/mol. The summed E-state index contributed by atoms with van der Waals surface area (Å²) >= 11 is 0. The Hall–Kier alpha value is -1.66. The van der Waals surface area contributed by atoms with Crippen LogP contribution in [0.15, 0.2) is 25.3 Å². The topological polar surface area (TPSA) is 115 Å². The minimum atomic E-state index is -0.981. The molecule has 6 nitrogen and oxygen atoms in total. The van der Waals surface area contributed by atoms with E-state index in [0.717, 1.165) is 37.8 Å². The maximum atomic E-state index is 9.25. The zero-order chi connectivity index (χ0) is 14.8. The molecule has 0 atom stereocenters. The molecule has 0 aliphatic carbocycles. The number of hydrogen-bond acceptors (Lipinski definition) is 4. The van der Waals surface area contributed by atoms with Gasteiger partial charge in [-0.3, -0.25) is 0 Å². The zero-order valence-electron chi connectivity index (χ0n) is 10.4. The molecule has 0 saturated heterocycles. The molecule has 0 radical (unpaired) electrons. The van der Waals surface area contributed by atoms with E-state index >= 15 is 0 Å². The molecule has 0 saturated carbocycles. The molecule has 0 spiro atoms. The van der Waals surface area contributed by atoms with Crippen LogP contribution in [0.1, 0.15) is 25.7 Å². The summed E-state index contributed by atoms with van der Waals surface area (Å²) in [5.74, 6) is -1.96. The number of aliphatic hydroxyl groups excluding tert-OH is 2. The van der Waals surface area contributed by atoms with Crippen molar-refractivity contribution >= 4 is 11.9 Å². The summed E-state index contributed by atoms with van der Waals surface area (Å²) in [4.78, 5) is 18.5. The normalized spacial score (nSPS) is 7.89. The monoisotopic (exact) mass is 262 g/mol. The second-order valence-corrected chi connectivity index (χ2v) is 2.95. The predicted octanol–water partition coefficient (Wildman–Crippen LogP) is 1.05. The third-order valence-electron chi connectivity index (χ3n) is 1.42. The van der Waals surface area contributed by atoms with Gasteiger partial charge in [-0.2, -0.15) is 0 Å². The van der Waals surface area contributed by atoms with Crippen LogP contribution in [0.5, 0.6) is 0 Å². The highest BCUT2D eigenvalue weighted by Gasteiger charge is 1.84. The molecule has 0 aromatic rings. The molecule has 0 unspecified atom stereocenters. The van der Waals surface area contributed by atoms with E-state index in [0.29, 0.717) is 0 Å². The van der Waals surface area contributed by atoms with E-state index in [2.05, 4.69) is 13.2 Å². The lowest BCUT2D eigenvalue weighted by Gasteiger charge is -1.93. The molecule has 0 amide bonds. The molecule has 4 N–H and O–H groups in total. The lowest BCUT2D eigenvalue weighted by Crippen LogP contribution is -1.85. The molecular formula is C12H22O6. The molecule has 0 aliphatic heterocycles. The van der Waals surface area contributed by atoms with Crippen LogP contribution >= 0.6 is 0 Å². The van der Waals surface area contributed by atoms with E-state index in [1.807, 2.05) is 0 Å². The van der Waals surface area contributed by atoms with Crippen molar-refractivity contribution in [3.05, 3.63) is 25.3 Å². The molecule has 0 heterocycles. The van der Waals surface area contributed by atoms with Crippen LogP contribution < -0.4 is 0 Å². The maximum Gasteiger partial charge on any atom is 0.327 e. The molecule has 6 heteroatoms. The van der Waals surface area contributed by atoms with Gasteiger partial charge in [-0.1, -0.05) is 26.0 Å². The van der Waals surface area contributed by atoms with Gasteiger partial charge in [-0.15, -0.1) is 0 Å². The summed E-state index contributed by atoms with van der Waals surface area (Å²) in [6.07, 6.45) is 5.49. The summed E-state index contributed by atoms with van der Waals surface area (Å²) in [5.41, 5.74) is 0. The number of unbranched alkanes of at least 4 members (excludes halogenated alkanes) is 3. The standard InChI is InChI=1S/C6H14O2.2C3H4O2/c7-5-3-1-2-4-6-8;2*1-2-3(4)5/h7-8H,1-6H2;2*2H,1H2,(H,4,5). The van der Waals surface area contributed by atoms with Crippen molar-refractivity contribution in [3.8, 4) is 0 Å². The number of hydrogen-bond donors (Lipinski definition) is 4. The minimum absolute atomic E-state index is 0.283. The summed E-state index contributed by atoms with van der Waals surface area (Å²) in [6.45, 7) is 6.49. The Kier molecular flexibility index (Phi) is 24.9. The highest BCUT2D eigenvalue weighted by atomic mass is 16.4. The average Bonchev–Trinajstić information content (AvgIpc) is 2.36. The summed E-state index contributed by atoms with van der Waals surface area (Å²) < 4.78 is 0. The Bertz CT molecular complexity index is 201. The van der Waals surface area contributed by atoms with Crippen molar-refractivity contribution < 1.29 is 30.0 Å². The van der Waals surface area contributed by atoms with Crippen molar-refractivity contribution in [2.75, 3.05) is 13.2 Å². The largest absolute Gasteiger partial charge is 0.478 e. The van der Waals surface area contributed by atoms with E-state index in [1.165, 1.54) is 0 Å². The summed E-state index contributed by atoms with van der Waals surface area (Å²) in [6, 6.07) is 0. The van der Waals surface area contributed by atoms with E-state index in [9.17, 15) is 9.59 Å². The fourth-order valence-electron chi connectivity index (χ4n) is 0.577. The molecular weight excluding hydrogens is 240 g/mol. The van der Waals surface area contributed by atoms with Gasteiger partial charge in [0.1, 0.15) is 0 Å². The summed E-state index contributed by atoms with van der Waals surface area (Å²) in [7, 11) is 0. The Morgan fingerprint density at radius 2 is 1.00 bits per heavy atom. The molecule has 18 heavy (non-hydrogen) atoms. The van der Waals surface area contributed by atoms with Crippen molar-refractivity contribution in [3.63, 3.8) is 0 Å². The quantitative estimate of drug-likeness (QED) is 0.402. The third-order valence-corrected chi connectivity index (χ3v) is 1.42. The van der Waals surface area contributed by atoms with Crippen molar-refractivity contribution in [1.29, 1.82) is 0 Å². The van der Waals surface area contributed by atoms with Crippen LogP contribution in [0.3, 0.4) is 0 Å². The van der Waals surface area contributed by atoms with Crippen LogP contribution in [0.2, 0.25) is 0 Å². The van der Waals surface area contributed by atoms with Gasteiger partial charge in [0.15, 0.2) is 0 Å². The van der Waals surface area contributed by atoms with Gasteiger partial charge >= 0.3 is 11.9 Å². The fourth-order valence-corrected chi connectivity index (χ4v) is 0.577.